The Hall–Kier alpha value is -1.40. The summed E-state index contributed by atoms with van der Waals surface area (Å²) in [5.41, 5.74) is 0.873. The maximum Gasteiger partial charge on any atom is 0.309 e. The van der Waals surface area contributed by atoms with Crippen LogP contribution in [-0.2, 0) is 23.2 Å². The van der Waals surface area contributed by atoms with Crippen LogP contribution in [-0.4, -0.2) is 51.7 Å². The molecule has 268 valence electrons. The fraction of sp³-hybridized carbons (Fsp3) is 0.763. The van der Waals surface area contributed by atoms with E-state index in [1.54, 1.807) is 11.3 Å². The first-order valence-corrected chi connectivity index (χ1v) is 24.3. The minimum Gasteiger partial charge on any atom is -0.457 e. The molecule has 2 rings (SSSR count). The van der Waals surface area contributed by atoms with Gasteiger partial charge < -0.3 is 13.6 Å². The molecule has 1 aromatic rings. The molecule has 0 bridgehead atoms. The quantitative estimate of drug-likeness (QED) is 0.167. The van der Waals surface area contributed by atoms with Gasteiger partial charge in [0.1, 0.15) is 11.9 Å². The Morgan fingerprint density at radius 1 is 1.00 bits per heavy atom. The number of esters is 1. The molecule has 0 N–H and O–H groups in total. The minimum absolute atomic E-state index is 0.00455. The van der Waals surface area contributed by atoms with Crippen LogP contribution in [0.4, 0.5) is 0 Å². The molecule has 0 aromatic carbocycles. The molecule has 0 radical (unpaired) electrons. The molecule has 0 saturated carbocycles. The van der Waals surface area contributed by atoms with E-state index in [1.807, 2.05) is 46.1 Å². The largest absolute Gasteiger partial charge is 0.457 e. The number of hydrogen-bond acceptors (Lipinski definition) is 7. The fourth-order valence-electron chi connectivity index (χ4n) is 5.62. The van der Waals surface area contributed by atoms with Gasteiger partial charge in [0.05, 0.1) is 29.3 Å². The number of Topliss-reactive ketones (excluding diaryl/α,β-unsaturated/α-hetero) is 1. The Morgan fingerprint density at radius 3 is 2.11 bits per heavy atom. The van der Waals surface area contributed by atoms with E-state index < -0.39 is 34.3 Å². The monoisotopic (exact) mass is 705 g/mol. The molecule has 6 nitrogen and oxygen atoms in total. The van der Waals surface area contributed by atoms with Crippen molar-refractivity contribution < 1.29 is 23.2 Å². The predicted molar refractivity (Wildman–Crippen MR) is 204 cm³/mol. The van der Waals surface area contributed by atoms with Crippen molar-refractivity contribution in [1.82, 2.24) is 4.98 Å². The summed E-state index contributed by atoms with van der Waals surface area (Å²) in [5, 5.41) is 2.94. The molecule has 0 saturated heterocycles. The van der Waals surface area contributed by atoms with Crippen LogP contribution in [0.1, 0.15) is 119 Å². The number of hydrogen-bond donors (Lipinski definition) is 0. The van der Waals surface area contributed by atoms with Gasteiger partial charge in [-0.25, -0.2) is 4.98 Å². The lowest BCUT2D eigenvalue weighted by molar-refractivity contribution is -0.153. The SMILES string of the molecule is C/C(=C\c1csc(C)n1)[C@@H]1C/C=C\CCC[C@@H](C)C(O[Si](C)(C)C(C)(C)C)[C@@H](C)C(=O)C(C)(C)[C@@H](O[Si](C)(C)C(C)(C)C)CC(=O)O1. The highest BCUT2D eigenvalue weighted by molar-refractivity contribution is 7.09. The molecule has 1 aromatic heterocycles. The summed E-state index contributed by atoms with van der Waals surface area (Å²) < 4.78 is 20.4. The van der Waals surface area contributed by atoms with E-state index in [-0.39, 0.29) is 46.2 Å². The summed E-state index contributed by atoms with van der Waals surface area (Å²) in [5.74, 6) is -0.427. The van der Waals surface area contributed by atoms with E-state index in [0.29, 0.717) is 6.42 Å². The van der Waals surface area contributed by atoms with Crippen molar-refractivity contribution in [2.45, 2.75) is 170 Å². The molecule has 0 aliphatic carbocycles. The second kappa shape index (κ2) is 16.1. The van der Waals surface area contributed by atoms with E-state index in [4.69, 9.17) is 13.6 Å². The van der Waals surface area contributed by atoms with Crippen LogP contribution in [0.15, 0.2) is 23.1 Å². The molecule has 0 spiro atoms. The van der Waals surface area contributed by atoms with Gasteiger partial charge in [0.2, 0.25) is 0 Å². The molecule has 5 atom stereocenters. The van der Waals surface area contributed by atoms with Gasteiger partial charge in [0.15, 0.2) is 16.6 Å². The molecule has 1 aliphatic rings. The van der Waals surface area contributed by atoms with Crippen LogP contribution < -0.4 is 0 Å². The van der Waals surface area contributed by atoms with Crippen molar-refractivity contribution >= 4 is 45.8 Å². The van der Waals surface area contributed by atoms with Gasteiger partial charge >= 0.3 is 5.97 Å². The summed E-state index contributed by atoms with van der Waals surface area (Å²) in [6.07, 6.45) is 8.53. The van der Waals surface area contributed by atoms with Crippen molar-refractivity contribution in [3.05, 3.63) is 33.8 Å². The van der Waals surface area contributed by atoms with E-state index >= 15 is 0 Å². The summed E-state index contributed by atoms with van der Waals surface area (Å²) in [6.45, 7) is 34.4. The predicted octanol–water partition coefficient (Wildman–Crippen LogP) is 10.9. The highest BCUT2D eigenvalue weighted by Crippen LogP contribution is 2.44. The minimum atomic E-state index is -2.38. The fourth-order valence-corrected chi connectivity index (χ4v) is 9.10. The highest BCUT2D eigenvalue weighted by atomic mass is 32.1. The molecular formula is C38H67NO5SSi2. The van der Waals surface area contributed by atoms with Gasteiger partial charge in [-0.15, -0.1) is 11.3 Å². The van der Waals surface area contributed by atoms with Crippen LogP contribution >= 0.6 is 11.3 Å². The molecule has 47 heavy (non-hydrogen) atoms. The molecule has 1 unspecified atom stereocenters. The van der Waals surface area contributed by atoms with Crippen LogP contribution in [0.5, 0.6) is 0 Å². The number of carbonyl (C=O) groups excluding carboxylic acids is 2. The highest BCUT2D eigenvalue weighted by Gasteiger charge is 2.50. The third-order valence-corrected chi connectivity index (χ3v) is 20.8. The number of rotatable bonds is 6. The van der Waals surface area contributed by atoms with Crippen molar-refractivity contribution in [1.29, 1.82) is 0 Å². The van der Waals surface area contributed by atoms with Crippen LogP contribution in [0.3, 0.4) is 0 Å². The summed E-state index contributed by atoms with van der Waals surface area (Å²) >= 11 is 1.60. The molecule has 9 heteroatoms. The second-order valence-corrected chi connectivity index (χ2v) is 28.1. The van der Waals surface area contributed by atoms with Crippen LogP contribution in [0.25, 0.3) is 6.08 Å². The Labute approximate surface area is 293 Å². The summed E-state index contributed by atoms with van der Waals surface area (Å²) in [4.78, 5) is 33.3. The van der Waals surface area contributed by atoms with E-state index in [9.17, 15) is 9.59 Å². The third-order valence-electron chi connectivity index (χ3n) is 11.1. The smallest absolute Gasteiger partial charge is 0.309 e. The standard InChI is InChI=1S/C38H67NO5SSi2/c1-26-21-19-17-18-20-22-31(27(2)23-30-25-45-29(4)39-30)42-33(40)24-32(43-46(13,14)36(5,6)7)38(11,12)35(41)28(3)34(26)44-47(15,16)37(8,9)10/h18,20,23,25-26,28,31-32,34H,17,19,21-22,24H2,1-16H3/b20-18-,27-23+/t26-,28-,31+,32+,34?/m1/s1. The van der Waals surface area contributed by atoms with Crippen LogP contribution in [0.2, 0.25) is 36.3 Å². The van der Waals surface area contributed by atoms with Gasteiger partial charge in [-0.05, 0) is 86.9 Å². The number of ketones is 1. The lowest BCUT2D eigenvalue weighted by Crippen LogP contribution is -2.54. The Morgan fingerprint density at radius 2 is 1.57 bits per heavy atom. The summed E-state index contributed by atoms with van der Waals surface area (Å²) in [7, 11) is -4.57. The maximum atomic E-state index is 14.8. The average molecular weight is 706 g/mol. The van der Waals surface area contributed by atoms with Gasteiger partial charge in [-0.3, -0.25) is 9.59 Å². The first kappa shape index (κ1) is 41.8. The number of carbonyl (C=O) groups is 2. The van der Waals surface area contributed by atoms with Crippen molar-refractivity contribution in [2.75, 3.05) is 0 Å². The maximum absolute atomic E-state index is 14.8. The first-order chi connectivity index (χ1) is 21.3. The van der Waals surface area contributed by atoms with Crippen molar-refractivity contribution in [3.63, 3.8) is 0 Å². The number of nitrogens with zero attached hydrogens (tertiary/aromatic N) is 1. The van der Waals surface area contributed by atoms with Crippen LogP contribution in [0, 0.1) is 24.2 Å². The van der Waals surface area contributed by atoms with E-state index in [0.717, 1.165) is 35.5 Å². The lowest BCUT2D eigenvalue weighted by atomic mass is 9.73. The second-order valence-electron chi connectivity index (χ2n) is 17.6. The topological polar surface area (TPSA) is 74.7 Å². The third kappa shape index (κ3) is 11.3. The lowest BCUT2D eigenvalue weighted by Gasteiger charge is -2.46. The Bertz CT molecular complexity index is 1270. The van der Waals surface area contributed by atoms with Gasteiger partial charge in [-0.1, -0.05) is 81.4 Å². The number of aromatic nitrogens is 1. The van der Waals surface area contributed by atoms with Crippen molar-refractivity contribution in [2.24, 2.45) is 17.3 Å². The van der Waals surface area contributed by atoms with Gasteiger partial charge in [0.25, 0.3) is 0 Å². The van der Waals surface area contributed by atoms with E-state index in [2.05, 4.69) is 91.8 Å². The normalized spacial score (nSPS) is 27.4. The summed E-state index contributed by atoms with van der Waals surface area (Å²) in [6, 6.07) is 0. The zero-order valence-corrected chi connectivity index (χ0v) is 35.4. The first-order valence-electron chi connectivity index (χ1n) is 17.6. The van der Waals surface area contributed by atoms with E-state index in [1.165, 1.54) is 0 Å². The number of thiazole rings is 1. The van der Waals surface area contributed by atoms with Gasteiger partial charge in [0, 0.05) is 23.1 Å². The molecule has 0 fully saturated rings. The number of cyclic esters (lactones) is 1. The molecular weight excluding hydrogens is 639 g/mol. The van der Waals surface area contributed by atoms with Gasteiger partial charge in [-0.2, -0.15) is 0 Å². The zero-order valence-electron chi connectivity index (χ0n) is 32.6. The molecule has 2 heterocycles. The average Bonchev–Trinajstić information content (AvgIpc) is 3.33. The van der Waals surface area contributed by atoms with Crippen molar-refractivity contribution in [3.8, 4) is 0 Å². The Kier molecular flexibility index (Phi) is 14.3. The zero-order chi connectivity index (χ0) is 36.2. The Balaban J connectivity index is 2.62. The molecule has 1 aliphatic heterocycles. The number of allylic oxidation sites excluding steroid dienone is 1. The molecule has 0 amide bonds. The number of ether oxygens (including phenoxy) is 1. The number of aryl methyl sites for hydroxylation is 1.